The monoisotopic (exact) mass is 718 g/mol. The molecular weight excluding hydrogens is 693 g/mol. The van der Waals surface area contributed by atoms with Gasteiger partial charge in [-0.15, -0.1) is 53.0 Å². The molecule has 0 aliphatic carbocycles. The van der Waals surface area contributed by atoms with Gasteiger partial charge in [-0.05, 0) is 42.4 Å². The molecule has 42 heavy (non-hydrogen) atoms. The Balaban J connectivity index is 0.000000188. The molecule has 0 atom stereocenters. The molecule has 0 fully saturated rings. The fourth-order valence-electron chi connectivity index (χ4n) is 6.03. The van der Waals surface area contributed by atoms with Gasteiger partial charge in [-0.3, -0.25) is 0 Å². The van der Waals surface area contributed by atoms with Gasteiger partial charge in [0.1, 0.15) is 0 Å². The maximum absolute atomic E-state index is 4.22. The summed E-state index contributed by atoms with van der Waals surface area (Å²) in [6, 6.07) is 48.6. The Hall–Kier alpha value is -4.70. The van der Waals surface area contributed by atoms with E-state index in [9.17, 15) is 0 Å². The Morgan fingerprint density at radius 1 is 0.667 bits per heavy atom. The molecule has 1 aliphatic heterocycles. The summed E-state index contributed by atoms with van der Waals surface area (Å²) in [6.07, 6.45) is 1.79. The zero-order valence-electron chi connectivity index (χ0n) is 22.8. The van der Waals surface area contributed by atoms with Crippen LogP contribution in [0.2, 0.25) is 0 Å². The van der Waals surface area contributed by atoms with Crippen molar-refractivity contribution in [1.82, 2.24) is 9.38 Å². The number of nitrogens with zero attached hydrogens (tertiary/aromatic N) is 4. The standard InChI is InChI=1S/C26H17N3.C11H8N.Ir/c1-27-16-28(25-12-5-4-11-24(25)27)17-13-14-23-21(15-17)20-9-6-8-19-18-7-2-3-10-22(18)29(23)26(19)20;1-2-6-10(7-3-1)11-8-4-5-9-12-11;/h2-12,14-16H,1H3;1-6,8-9H;/q-2;-1;+3. The third kappa shape index (κ3) is 4.13. The van der Waals surface area contributed by atoms with Gasteiger partial charge in [0, 0.05) is 39.4 Å². The van der Waals surface area contributed by atoms with Gasteiger partial charge >= 0.3 is 20.1 Å². The molecular formula is C37H25IrN4. The molecule has 5 aromatic carbocycles. The predicted molar refractivity (Wildman–Crippen MR) is 170 cm³/mol. The smallest absolute Gasteiger partial charge is 0.504 e. The normalized spacial score (nSPS) is 12.5. The molecule has 0 amide bonds. The zero-order valence-corrected chi connectivity index (χ0v) is 25.2. The van der Waals surface area contributed by atoms with Crippen LogP contribution >= 0.6 is 0 Å². The number of hydrogen-bond donors (Lipinski definition) is 0. The van der Waals surface area contributed by atoms with Crippen molar-refractivity contribution >= 4 is 55.2 Å². The van der Waals surface area contributed by atoms with Crippen molar-refractivity contribution in [3.63, 3.8) is 0 Å². The Bertz CT molecular complexity index is 2120. The minimum atomic E-state index is 0. The Morgan fingerprint density at radius 3 is 2.21 bits per heavy atom. The molecule has 5 heteroatoms. The first-order valence-electron chi connectivity index (χ1n) is 13.7. The van der Waals surface area contributed by atoms with Gasteiger partial charge in [-0.2, -0.15) is 18.8 Å². The van der Waals surface area contributed by atoms with Crippen LogP contribution in [0, 0.1) is 18.8 Å². The number of benzene rings is 5. The number of hydrogen-bond acceptors (Lipinski definition) is 3. The third-order valence-electron chi connectivity index (χ3n) is 7.86. The van der Waals surface area contributed by atoms with Crippen LogP contribution in [0.15, 0.2) is 128 Å². The van der Waals surface area contributed by atoms with Gasteiger partial charge in [0.25, 0.3) is 0 Å². The summed E-state index contributed by atoms with van der Waals surface area (Å²) in [5, 5.41) is 5.19. The number of anilines is 3. The molecule has 9 rings (SSSR count). The number of pyridine rings is 1. The summed E-state index contributed by atoms with van der Waals surface area (Å²) in [4.78, 5) is 8.60. The SMILES string of the molecule is CN1[CH-]N(c2[c-]cc3c(c2)c2cccc4c5ccccc5n3c24)c2ccccc21.[Ir+3].[c-]1ccccc1-c1ccccn1. The van der Waals surface area contributed by atoms with Gasteiger partial charge in [0.2, 0.25) is 0 Å². The molecule has 1 aliphatic rings. The largest absolute Gasteiger partial charge is 3.00 e. The second-order valence-corrected chi connectivity index (χ2v) is 10.2. The van der Waals surface area contributed by atoms with Gasteiger partial charge in [0.05, 0.1) is 0 Å². The van der Waals surface area contributed by atoms with Crippen molar-refractivity contribution in [3.8, 4) is 11.3 Å². The summed E-state index contributed by atoms with van der Waals surface area (Å²) < 4.78 is 2.39. The molecule has 0 N–H and O–H groups in total. The van der Waals surface area contributed by atoms with Crippen molar-refractivity contribution in [2.24, 2.45) is 0 Å². The fourth-order valence-corrected chi connectivity index (χ4v) is 6.03. The number of fused-ring (bicyclic) bond motifs is 7. The molecule has 8 aromatic rings. The van der Waals surface area contributed by atoms with E-state index >= 15 is 0 Å². The van der Waals surface area contributed by atoms with Crippen LogP contribution in [0.4, 0.5) is 17.1 Å². The maximum atomic E-state index is 4.22. The Morgan fingerprint density at radius 2 is 1.40 bits per heavy atom. The van der Waals surface area contributed by atoms with Crippen LogP contribution in [-0.4, -0.2) is 16.4 Å². The first kappa shape index (κ1) is 26.2. The van der Waals surface area contributed by atoms with Crippen LogP contribution in [0.25, 0.3) is 49.4 Å². The van der Waals surface area contributed by atoms with E-state index in [4.69, 9.17) is 0 Å². The summed E-state index contributed by atoms with van der Waals surface area (Å²) in [7, 11) is 2.09. The van der Waals surface area contributed by atoms with Gasteiger partial charge in [-0.1, -0.05) is 66.2 Å². The minimum absolute atomic E-state index is 0. The second-order valence-electron chi connectivity index (χ2n) is 10.2. The van der Waals surface area contributed by atoms with Gasteiger partial charge in [0.15, 0.2) is 0 Å². The molecule has 0 spiro atoms. The molecule has 0 saturated heterocycles. The number of rotatable bonds is 2. The number of aromatic nitrogens is 2. The fraction of sp³-hybridized carbons (Fsp3) is 0.0270. The van der Waals surface area contributed by atoms with Crippen molar-refractivity contribution in [2.75, 3.05) is 16.8 Å². The molecule has 4 heterocycles. The minimum Gasteiger partial charge on any atom is -0.504 e. The van der Waals surface area contributed by atoms with Crippen LogP contribution in [0.3, 0.4) is 0 Å². The number of para-hydroxylation sites is 4. The Kier molecular flexibility index (Phi) is 6.62. The van der Waals surface area contributed by atoms with Crippen LogP contribution in [0.5, 0.6) is 0 Å². The first-order chi connectivity index (χ1) is 20.3. The first-order valence-corrected chi connectivity index (χ1v) is 13.7. The Labute approximate surface area is 258 Å². The zero-order chi connectivity index (χ0) is 27.3. The summed E-state index contributed by atoms with van der Waals surface area (Å²) in [6.45, 7) is 2.13. The van der Waals surface area contributed by atoms with E-state index in [1.807, 2.05) is 42.5 Å². The second kappa shape index (κ2) is 10.6. The molecule has 0 bridgehead atoms. The molecule has 3 aromatic heterocycles. The van der Waals surface area contributed by atoms with E-state index in [-0.39, 0.29) is 20.1 Å². The van der Waals surface area contributed by atoms with E-state index < -0.39 is 0 Å². The van der Waals surface area contributed by atoms with Crippen LogP contribution in [0.1, 0.15) is 0 Å². The van der Waals surface area contributed by atoms with Crippen molar-refractivity contribution in [2.45, 2.75) is 0 Å². The van der Waals surface area contributed by atoms with Crippen molar-refractivity contribution in [3.05, 3.63) is 146 Å². The van der Waals surface area contributed by atoms with E-state index in [1.165, 1.54) is 49.5 Å². The van der Waals surface area contributed by atoms with Crippen LogP contribution < -0.4 is 9.80 Å². The summed E-state index contributed by atoms with van der Waals surface area (Å²) in [5.74, 6) is 0. The third-order valence-corrected chi connectivity index (χ3v) is 7.86. The molecule has 0 radical (unpaired) electrons. The quantitative estimate of drug-likeness (QED) is 0.167. The molecule has 4 nitrogen and oxygen atoms in total. The van der Waals surface area contributed by atoms with Crippen molar-refractivity contribution < 1.29 is 20.1 Å². The van der Waals surface area contributed by atoms with Gasteiger partial charge in [-0.25, -0.2) is 0 Å². The molecule has 0 unspecified atom stereocenters. The van der Waals surface area contributed by atoms with E-state index in [1.54, 1.807) is 6.20 Å². The van der Waals surface area contributed by atoms with E-state index in [0.29, 0.717) is 0 Å². The van der Waals surface area contributed by atoms with E-state index in [0.717, 1.165) is 16.9 Å². The molecule has 0 saturated carbocycles. The van der Waals surface area contributed by atoms with E-state index in [2.05, 4.69) is 124 Å². The predicted octanol–water partition coefficient (Wildman–Crippen LogP) is 8.89. The maximum Gasteiger partial charge on any atom is 3.00 e. The average molecular weight is 718 g/mol. The summed E-state index contributed by atoms with van der Waals surface area (Å²) >= 11 is 0. The summed E-state index contributed by atoms with van der Waals surface area (Å²) in [5.41, 5.74) is 9.24. The topological polar surface area (TPSA) is 23.8 Å². The van der Waals surface area contributed by atoms with Crippen molar-refractivity contribution in [1.29, 1.82) is 0 Å². The van der Waals surface area contributed by atoms with Gasteiger partial charge < -0.3 is 19.2 Å². The average Bonchev–Trinajstić information content (AvgIpc) is 3.69. The van der Waals surface area contributed by atoms with Crippen LogP contribution in [-0.2, 0) is 20.1 Å². The molecule has 202 valence electrons.